The molecule has 1 aromatic heterocycles. The zero-order valence-corrected chi connectivity index (χ0v) is 23.8. The number of nitrogens with zero attached hydrogens (tertiary/aromatic N) is 4. The maximum absolute atomic E-state index is 13.7. The van der Waals surface area contributed by atoms with Crippen LogP contribution in [0, 0.1) is 12.8 Å². The predicted molar refractivity (Wildman–Crippen MR) is 148 cm³/mol. The summed E-state index contributed by atoms with van der Waals surface area (Å²) in [5.41, 5.74) is 0.295. The lowest BCUT2D eigenvalue weighted by atomic mass is 9.99. The Bertz CT molecular complexity index is 1560. The molecule has 2 aromatic carbocycles. The molecule has 1 saturated heterocycles. The molecule has 0 bridgehead atoms. The highest BCUT2D eigenvalue weighted by atomic mass is 35.5. The number of aromatic nitrogens is 2. The lowest BCUT2D eigenvalue weighted by Gasteiger charge is -2.30. The number of hydrogen-bond donors (Lipinski definition) is 0. The van der Waals surface area contributed by atoms with Crippen LogP contribution in [0.15, 0.2) is 58.2 Å². The van der Waals surface area contributed by atoms with Gasteiger partial charge in [0.15, 0.2) is 6.61 Å². The number of carbonyl (C=O) groups excluding carboxylic acids is 2. The van der Waals surface area contributed by atoms with Crippen LogP contribution in [0.3, 0.4) is 0 Å². The van der Waals surface area contributed by atoms with E-state index in [4.69, 9.17) is 16.3 Å². The Morgan fingerprint density at radius 3 is 2.38 bits per heavy atom. The number of piperidine rings is 1. The monoisotopic (exact) mass is 574 g/mol. The summed E-state index contributed by atoms with van der Waals surface area (Å²) in [7, 11) is -1.46. The molecule has 0 saturated carbocycles. The van der Waals surface area contributed by atoms with Crippen LogP contribution < -0.4 is 9.86 Å². The minimum Gasteiger partial charge on any atom is -0.452 e. The van der Waals surface area contributed by atoms with Crippen molar-refractivity contribution in [2.75, 3.05) is 31.0 Å². The molecule has 0 atom stereocenters. The van der Waals surface area contributed by atoms with Gasteiger partial charge in [-0.05, 0) is 56.0 Å². The fraction of sp³-hybridized carbons (Fsp3) is 0.370. The van der Waals surface area contributed by atoms with Gasteiger partial charge in [0.25, 0.3) is 21.5 Å². The third-order valence-electron chi connectivity index (χ3n) is 7.11. The molecule has 0 radical (unpaired) electrons. The lowest BCUT2D eigenvalue weighted by Crippen LogP contribution is -2.40. The van der Waals surface area contributed by atoms with Gasteiger partial charge in [0.05, 0.1) is 22.0 Å². The molecular weight excluding hydrogens is 544 g/mol. The number of carbonyl (C=O) groups is 2. The minimum atomic E-state index is -4.37. The van der Waals surface area contributed by atoms with Crippen molar-refractivity contribution in [2.24, 2.45) is 13.0 Å². The fourth-order valence-electron chi connectivity index (χ4n) is 4.57. The van der Waals surface area contributed by atoms with Gasteiger partial charge in [-0.15, -0.1) is 0 Å². The van der Waals surface area contributed by atoms with E-state index in [1.165, 1.54) is 23.9 Å². The van der Waals surface area contributed by atoms with E-state index in [1.807, 2.05) is 6.07 Å². The van der Waals surface area contributed by atoms with Crippen LogP contribution >= 0.6 is 11.6 Å². The summed E-state index contributed by atoms with van der Waals surface area (Å²) in [6, 6.07) is 12.5. The van der Waals surface area contributed by atoms with Gasteiger partial charge >= 0.3 is 5.97 Å². The summed E-state index contributed by atoms with van der Waals surface area (Å²) in [6.07, 6.45) is 1.78. The SMILES string of the molecule is Cc1c(N(C)S(=O)(=O)c2cc(C(=O)OCC(=O)N3CCC(C)CC3)ccc2Cl)c(=O)n(-c2ccccc2)n1C. The molecule has 0 N–H and O–H groups in total. The summed E-state index contributed by atoms with van der Waals surface area (Å²) in [5.74, 6) is -0.608. The molecule has 12 heteroatoms. The Morgan fingerprint density at radius 1 is 1.10 bits per heavy atom. The molecule has 39 heavy (non-hydrogen) atoms. The molecule has 1 aliphatic rings. The zero-order chi connectivity index (χ0) is 28.5. The van der Waals surface area contributed by atoms with Crippen LogP contribution in [-0.4, -0.2) is 61.3 Å². The molecule has 208 valence electrons. The van der Waals surface area contributed by atoms with Gasteiger partial charge in [0.1, 0.15) is 10.6 Å². The van der Waals surface area contributed by atoms with E-state index >= 15 is 0 Å². The number of rotatable bonds is 7. The number of halogens is 1. The highest BCUT2D eigenvalue weighted by Gasteiger charge is 2.31. The van der Waals surface area contributed by atoms with Crippen molar-refractivity contribution in [2.45, 2.75) is 31.6 Å². The number of sulfonamides is 1. The van der Waals surface area contributed by atoms with E-state index in [0.29, 0.717) is 30.4 Å². The molecule has 2 heterocycles. The van der Waals surface area contributed by atoms with Crippen LogP contribution in [0.25, 0.3) is 5.69 Å². The molecule has 4 rings (SSSR count). The van der Waals surface area contributed by atoms with Gasteiger partial charge in [-0.3, -0.25) is 18.6 Å². The number of amides is 1. The number of para-hydroxylation sites is 1. The zero-order valence-electron chi connectivity index (χ0n) is 22.3. The molecule has 1 fully saturated rings. The first kappa shape index (κ1) is 28.4. The number of benzene rings is 2. The molecule has 0 unspecified atom stereocenters. The van der Waals surface area contributed by atoms with Gasteiger partial charge in [0, 0.05) is 27.2 Å². The molecule has 1 aliphatic heterocycles. The molecule has 10 nitrogen and oxygen atoms in total. The van der Waals surface area contributed by atoms with E-state index in [9.17, 15) is 22.8 Å². The third-order valence-corrected chi connectivity index (χ3v) is 9.35. The summed E-state index contributed by atoms with van der Waals surface area (Å²) in [4.78, 5) is 39.8. The van der Waals surface area contributed by atoms with Gasteiger partial charge in [0.2, 0.25) is 0 Å². The van der Waals surface area contributed by atoms with Crippen LogP contribution in [0.5, 0.6) is 0 Å². The molecule has 3 aromatic rings. The first-order chi connectivity index (χ1) is 18.4. The molecular formula is C27H31ClN4O6S. The van der Waals surface area contributed by atoms with Gasteiger partial charge < -0.3 is 9.64 Å². The Hall–Kier alpha value is -3.57. The number of anilines is 1. The molecule has 0 aliphatic carbocycles. The van der Waals surface area contributed by atoms with E-state index in [1.54, 1.807) is 47.8 Å². The number of hydrogen-bond acceptors (Lipinski definition) is 6. The summed E-state index contributed by atoms with van der Waals surface area (Å²) in [6.45, 7) is 4.54. The summed E-state index contributed by atoms with van der Waals surface area (Å²) < 4.78 is 36.3. The number of esters is 1. The van der Waals surface area contributed by atoms with Crippen molar-refractivity contribution in [3.05, 3.63) is 75.2 Å². The Morgan fingerprint density at radius 2 is 1.74 bits per heavy atom. The van der Waals surface area contributed by atoms with Crippen LogP contribution in [0.1, 0.15) is 35.8 Å². The van der Waals surface area contributed by atoms with E-state index < -0.39 is 28.2 Å². The van der Waals surface area contributed by atoms with Crippen molar-refractivity contribution in [3.8, 4) is 5.69 Å². The van der Waals surface area contributed by atoms with Crippen LogP contribution in [0.4, 0.5) is 5.69 Å². The van der Waals surface area contributed by atoms with Crippen molar-refractivity contribution < 1.29 is 22.7 Å². The van der Waals surface area contributed by atoms with Crippen molar-refractivity contribution in [1.29, 1.82) is 0 Å². The van der Waals surface area contributed by atoms with Crippen LogP contribution in [-0.2, 0) is 26.6 Å². The third kappa shape index (κ3) is 5.60. The highest BCUT2D eigenvalue weighted by molar-refractivity contribution is 7.93. The van der Waals surface area contributed by atoms with E-state index in [-0.39, 0.29) is 27.1 Å². The average molecular weight is 575 g/mol. The Kier molecular flexibility index (Phi) is 8.22. The topological polar surface area (TPSA) is 111 Å². The number of likely N-dealkylation sites (tertiary alicyclic amines) is 1. The van der Waals surface area contributed by atoms with Crippen molar-refractivity contribution >= 4 is 39.2 Å². The maximum atomic E-state index is 13.7. The quantitative estimate of drug-likeness (QED) is 0.400. The average Bonchev–Trinajstić information content (AvgIpc) is 3.14. The first-order valence-corrected chi connectivity index (χ1v) is 14.3. The largest absolute Gasteiger partial charge is 0.452 e. The molecule has 0 spiro atoms. The number of ether oxygens (including phenoxy) is 1. The van der Waals surface area contributed by atoms with E-state index in [2.05, 4.69) is 6.92 Å². The predicted octanol–water partition coefficient (Wildman–Crippen LogP) is 3.38. The summed E-state index contributed by atoms with van der Waals surface area (Å²) >= 11 is 6.26. The fourth-order valence-corrected chi connectivity index (χ4v) is 6.32. The van der Waals surface area contributed by atoms with Gasteiger partial charge in [-0.25, -0.2) is 17.9 Å². The lowest BCUT2D eigenvalue weighted by molar-refractivity contribution is -0.135. The Labute approximate surface area is 232 Å². The minimum absolute atomic E-state index is 0.0631. The maximum Gasteiger partial charge on any atom is 0.338 e. The van der Waals surface area contributed by atoms with Gasteiger partial charge in [-0.2, -0.15) is 0 Å². The normalized spacial score (nSPS) is 14.3. The van der Waals surface area contributed by atoms with Gasteiger partial charge in [-0.1, -0.05) is 36.7 Å². The van der Waals surface area contributed by atoms with Crippen LogP contribution in [0.2, 0.25) is 5.02 Å². The second kappa shape index (κ2) is 11.3. The highest BCUT2D eigenvalue weighted by Crippen LogP contribution is 2.29. The van der Waals surface area contributed by atoms with Crippen molar-refractivity contribution in [3.63, 3.8) is 0 Å². The second-order valence-corrected chi connectivity index (χ2v) is 12.0. The Balaban J connectivity index is 1.59. The van der Waals surface area contributed by atoms with Crippen molar-refractivity contribution in [1.82, 2.24) is 14.3 Å². The first-order valence-electron chi connectivity index (χ1n) is 12.5. The summed E-state index contributed by atoms with van der Waals surface area (Å²) in [5, 5.41) is -0.131. The molecule has 1 amide bonds. The smallest absolute Gasteiger partial charge is 0.338 e. The second-order valence-electron chi connectivity index (χ2n) is 9.67. The standard InChI is InChI=1S/C27H31ClN4O6S/c1-18-12-14-31(15-13-18)24(33)17-38-27(35)20-10-11-22(28)23(16-20)39(36,37)30(4)25-19(2)29(3)32(26(25)34)21-8-6-5-7-9-21/h5-11,16,18H,12-15,17H2,1-4H3. The van der Waals surface area contributed by atoms with E-state index in [0.717, 1.165) is 23.2 Å².